The lowest BCUT2D eigenvalue weighted by molar-refractivity contribution is 0.334. The molecule has 0 aromatic carbocycles. The number of nitrogens with zero attached hydrogens (tertiary/aromatic N) is 2. The summed E-state index contributed by atoms with van der Waals surface area (Å²) >= 11 is 0. The molecule has 0 aliphatic heterocycles. The van der Waals surface area contributed by atoms with Gasteiger partial charge in [0, 0.05) is 32.0 Å². The SMILES string of the molecule is Cn1ccnc1NCC1CCCC(N)C1. The van der Waals surface area contributed by atoms with Crippen LogP contribution in [-0.4, -0.2) is 22.1 Å². The number of rotatable bonds is 3. The maximum absolute atomic E-state index is 5.96. The third-order valence-electron chi connectivity index (χ3n) is 3.19. The zero-order valence-corrected chi connectivity index (χ0v) is 9.32. The predicted octanol–water partition coefficient (Wildman–Crippen LogP) is 1.35. The molecule has 1 saturated carbocycles. The van der Waals surface area contributed by atoms with Crippen LogP contribution in [0, 0.1) is 5.92 Å². The number of nitrogens with one attached hydrogen (secondary N) is 1. The first kappa shape index (κ1) is 10.5. The highest BCUT2D eigenvalue weighted by Crippen LogP contribution is 2.23. The van der Waals surface area contributed by atoms with E-state index in [0.29, 0.717) is 12.0 Å². The van der Waals surface area contributed by atoms with Crippen LogP contribution in [0.25, 0.3) is 0 Å². The fourth-order valence-corrected chi connectivity index (χ4v) is 2.29. The van der Waals surface area contributed by atoms with Crippen molar-refractivity contribution in [3.8, 4) is 0 Å². The Balaban J connectivity index is 1.80. The highest BCUT2D eigenvalue weighted by Gasteiger charge is 2.19. The third-order valence-corrected chi connectivity index (χ3v) is 3.19. The number of anilines is 1. The minimum Gasteiger partial charge on any atom is -0.355 e. The molecule has 1 aliphatic carbocycles. The van der Waals surface area contributed by atoms with Gasteiger partial charge in [-0.3, -0.25) is 0 Å². The molecule has 4 nitrogen and oxygen atoms in total. The zero-order chi connectivity index (χ0) is 10.7. The van der Waals surface area contributed by atoms with E-state index in [1.807, 2.05) is 24.0 Å². The topological polar surface area (TPSA) is 55.9 Å². The molecule has 1 aliphatic rings. The van der Waals surface area contributed by atoms with E-state index in [-0.39, 0.29) is 0 Å². The van der Waals surface area contributed by atoms with Gasteiger partial charge >= 0.3 is 0 Å². The minimum atomic E-state index is 0.409. The van der Waals surface area contributed by atoms with Gasteiger partial charge in [-0.1, -0.05) is 6.42 Å². The predicted molar refractivity (Wildman–Crippen MR) is 61.6 cm³/mol. The minimum absolute atomic E-state index is 0.409. The summed E-state index contributed by atoms with van der Waals surface area (Å²) in [5.74, 6) is 1.67. The van der Waals surface area contributed by atoms with Crippen molar-refractivity contribution in [2.45, 2.75) is 31.7 Å². The molecule has 1 aromatic rings. The van der Waals surface area contributed by atoms with Crippen molar-refractivity contribution < 1.29 is 0 Å². The highest BCUT2D eigenvalue weighted by atomic mass is 15.2. The monoisotopic (exact) mass is 208 g/mol. The van der Waals surface area contributed by atoms with Crippen molar-refractivity contribution in [2.75, 3.05) is 11.9 Å². The Labute approximate surface area is 90.9 Å². The second-order valence-corrected chi connectivity index (χ2v) is 4.54. The van der Waals surface area contributed by atoms with E-state index in [0.717, 1.165) is 18.9 Å². The summed E-state index contributed by atoms with van der Waals surface area (Å²) in [6.45, 7) is 0.999. The maximum Gasteiger partial charge on any atom is 0.202 e. The van der Waals surface area contributed by atoms with Crippen LogP contribution in [-0.2, 0) is 7.05 Å². The van der Waals surface area contributed by atoms with Crippen molar-refractivity contribution in [2.24, 2.45) is 18.7 Å². The number of aromatic nitrogens is 2. The van der Waals surface area contributed by atoms with E-state index < -0.39 is 0 Å². The van der Waals surface area contributed by atoms with Gasteiger partial charge in [0.2, 0.25) is 5.95 Å². The van der Waals surface area contributed by atoms with Crippen LogP contribution in [0.2, 0.25) is 0 Å². The quantitative estimate of drug-likeness (QED) is 0.788. The molecule has 0 bridgehead atoms. The van der Waals surface area contributed by atoms with Crippen LogP contribution in [0.1, 0.15) is 25.7 Å². The van der Waals surface area contributed by atoms with Gasteiger partial charge < -0.3 is 15.6 Å². The standard InChI is InChI=1S/C11H20N4/c1-15-6-5-13-11(15)14-8-9-3-2-4-10(12)7-9/h5-6,9-10H,2-4,7-8,12H2,1H3,(H,13,14). The summed E-state index contributed by atoms with van der Waals surface area (Å²) in [5.41, 5.74) is 5.96. The molecule has 0 saturated heterocycles. The van der Waals surface area contributed by atoms with Gasteiger partial charge in [-0.2, -0.15) is 0 Å². The van der Waals surface area contributed by atoms with E-state index >= 15 is 0 Å². The van der Waals surface area contributed by atoms with Crippen molar-refractivity contribution >= 4 is 5.95 Å². The third kappa shape index (κ3) is 2.72. The van der Waals surface area contributed by atoms with Gasteiger partial charge in [-0.15, -0.1) is 0 Å². The number of aryl methyl sites for hydroxylation is 1. The van der Waals surface area contributed by atoms with Gasteiger partial charge in [-0.05, 0) is 25.2 Å². The summed E-state index contributed by atoms with van der Waals surface area (Å²) in [6.07, 6.45) is 8.68. The Morgan fingerprint density at radius 2 is 2.47 bits per heavy atom. The number of imidazole rings is 1. The second kappa shape index (κ2) is 4.66. The summed E-state index contributed by atoms with van der Waals surface area (Å²) < 4.78 is 2.00. The van der Waals surface area contributed by atoms with Crippen molar-refractivity contribution in [1.82, 2.24) is 9.55 Å². The van der Waals surface area contributed by atoms with Crippen LogP contribution in [0.15, 0.2) is 12.4 Å². The fraction of sp³-hybridized carbons (Fsp3) is 0.727. The fourth-order valence-electron chi connectivity index (χ4n) is 2.29. The molecule has 2 atom stereocenters. The number of nitrogens with two attached hydrogens (primary N) is 1. The van der Waals surface area contributed by atoms with E-state index in [4.69, 9.17) is 5.73 Å². The number of hydrogen-bond acceptors (Lipinski definition) is 3. The largest absolute Gasteiger partial charge is 0.355 e. The normalized spacial score (nSPS) is 26.5. The molecule has 1 fully saturated rings. The number of hydrogen-bond donors (Lipinski definition) is 2. The lowest BCUT2D eigenvalue weighted by Crippen LogP contribution is -2.31. The lowest BCUT2D eigenvalue weighted by atomic mass is 9.86. The molecule has 0 amide bonds. The van der Waals surface area contributed by atoms with Gasteiger partial charge in [0.15, 0.2) is 0 Å². The molecule has 2 rings (SSSR count). The summed E-state index contributed by atoms with van der Waals surface area (Å²) in [6, 6.07) is 0.409. The van der Waals surface area contributed by atoms with E-state index in [2.05, 4.69) is 10.3 Å². The smallest absolute Gasteiger partial charge is 0.202 e. The lowest BCUT2D eigenvalue weighted by Gasteiger charge is -2.26. The van der Waals surface area contributed by atoms with Crippen LogP contribution >= 0.6 is 0 Å². The highest BCUT2D eigenvalue weighted by molar-refractivity contribution is 5.25. The van der Waals surface area contributed by atoms with Crippen LogP contribution in [0.4, 0.5) is 5.95 Å². The zero-order valence-electron chi connectivity index (χ0n) is 9.32. The first-order valence-corrected chi connectivity index (χ1v) is 5.72. The first-order chi connectivity index (χ1) is 7.25. The Hall–Kier alpha value is -1.03. The Morgan fingerprint density at radius 1 is 1.60 bits per heavy atom. The van der Waals surface area contributed by atoms with Gasteiger partial charge in [0.1, 0.15) is 0 Å². The summed E-state index contributed by atoms with van der Waals surface area (Å²) in [7, 11) is 2.00. The van der Waals surface area contributed by atoms with E-state index in [9.17, 15) is 0 Å². The van der Waals surface area contributed by atoms with Gasteiger partial charge in [0.25, 0.3) is 0 Å². The van der Waals surface area contributed by atoms with E-state index in [1.54, 1.807) is 0 Å². The molecule has 0 spiro atoms. The first-order valence-electron chi connectivity index (χ1n) is 5.72. The molecular weight excluding hydrogens is 188 g/mol. The summed E-state index contributed by atoms with van der Waals surface area (Å²) in [4.78, 5) is 4.24. The molecule has 1 heterocycles. The maximum atomic E-state index is 5.96. The molecular formula is C11H20N4. The Kier molecular flexibility index (Phi) is 3.26. The average molecular weight is 208 g/mol. The Bertz CT molecular complexity index is 307. The van der Waals surface area contributed by atoms with E-state index in [1.165, 1.54) is 19.3 Å². The van der Waals surface area contributed by atoms with Crippen LogP contribution < -0.4 is 11.1 Å². The Morgan fingerprint density at radius 3 is 3.13 bits per heavy atom. The molecule has 4 heteroatoms. The molecule has 1 aromatic heterocycles. The van der Waals surface area contributed by atoms with Gasteiger partial charge in [0.05, 0.1) is 0 Å². The van der Waals surface area contributed by atoms with Gasteiger partial charge in [-0.25, -0.2) is 4.98 Å². The van der Waals surface area contributed by atoms with Crippen LogP contribution in [0.5, 0.6) is 0 Å². The van der Waals surface area contributed by atoms with Crippen molar-refractivity contribution in [1.29, 1.82) is 0 Å². The van der Waals surface area contributed by atoms with Crippen LogP contribution in [0.3, 0.4) is 0 Å². The van der Waals surface area contributed by atoms with Crippen molar-refractivity contribution in [3.05, 3.63) is 12.4 Å². The second-order valence-electron chi connectivity index (χ2n) is 4.54. The van der Waals surface area contributed by atoms with Crippen molar-refractivity contribution in [3.63, 3.8) is 0 Å². The summed E-state index contributed by atoms with van der Waals surface area (Å²) in [5, 5.41) is 3.38. The molecule has 0 radical (unpaired) electrons. The molecule has 84 valence electrons. The average Bonchev–Trinajstić information content (AvgIpc) is 2.61. The molecule has 15 heavy (non-hydrogen) atoms. The molecule has 2 unspecified atom stereocenters. The molecule has 3 N–H and O–H groups in total.